The van der Waals surface area contributed by atoms with Crippen LogP contribution in [0.15, 0.2) is 34.8 Å². The van der Waals surface area contributed by atoms with E-state index in [-0.39, 0.29) is 5.82 Å². The van der Waals surface area contributed by atoms with E-state index in [1.165, 1.54) is 6.07 Å². The highest BCUT2D eigenvalue weighted by Gasteiger charge is 2.14. The van der Waals surface area contributed by atoms with Crippen molar-refractivity contribution in [1.29, 1.82) is 0 Å². The molecule has 0 aromatic heterocycles. The number of aliphatic hydroxyl groups excluding tert-OH is 1. The number of halogens is 2. The summed E-state index contributed by atoms with van der Waals surface area (Å²) in [6.45, 7) is 5.22. The number of aryl methyl sites for hydroxylation is 2. The molecule has 0 bridgehead atoms. The van der Waals surface area contributed by atoms with Gasteiger partial charge in [0.2, 0.25) is 0 Å². The summed E-state index contributed by atoms with van der Waals surface area (Å²) in [7, 11) is 0. The molecular weight excluding hydrogens is 323 g/mol. The molecule has 1 N–H and O–H groups in total. The van der Waals surface area contributed by atoms with Gasteiger partial charge < -0.3 is 9.84 Å². The molecule has 0 saturated carbocycles. The van der Waals surface area contributed by atoms with Gasteiger partial charge in [-0.25, -0.2) is 4.39 Å². The van der Waals surface area contributed by atoms with Crippen molar-refractivity contribution in [2.45, 2.75) is 26.9 Å². The smallest absolute Gasteiger partial charge is 0.133 e. The molecule has 0 heterocycles. The van der Waals surface area contributed by atoms with Crippen molar-refractivity contribution >= 4 is 15.9 Å². The lowest BCUT2D eigenvalue weighted by atomic mass is 10.1. The zero-order valence-electron chi connectivity index (χ0n) is 11.6. The second-order valence-electron chi connectivity index (χ2n) is 4.83. The predicted molar refractivity (Wildman–Crippen MR) is 80.7 cm³/mol. The molecule has 4 heteroatoms. The Morgan fingerprint density at radius 1 is 1.15 bits per heavy atom. The van der Waals surface area contributed by atoms with Crippen molar-refractivity contribution < 1.29 is 14.2 Å². The van der Waals surface area contributed by atoms with Gasteiger partial charge in [-0.05, 0) is 62.2 Å². The van der Waals surface area contributed by atoms with Crippen LogP contribution in [0.1, 0.15) is 29.7 Å². The second kappa shape index (κ2) is 5.94. The summed E-state index contributed by atoms with van der Waals surface area (Å²) in [4.78, 5) is 0. The summed E-state index contributed by atoms with van der Waals surface area (Å²) < 4.78 is 20.4. The third-order valence-corrected chi connectivity index (χ3v) is 3.99. The lowest BCUT2D eigenvalue weighted by molar-refractivity contribution is 0.195. The Balaban J connectivity index is 2.41. The SMILES string of the molecule is Cc1cc(Oc2ccc(Br)c(C)c2)c([C@@H](C)O)cc1F. The molecule has 0 radical (unpaired) electrons. The van der Waals surface area contributed by atoms with Gasteiger partial charge in [-0.1, -0.05) is 15.9 Å². The Bertz CT molecular complexity index is 639. The number of rotatable bonds is 3. The highest BCUT2D eigenvalue weighted by Crippen LogP contribution is 2.33. The average molecular weight is 339 g/mol. The fourth-order valence-corrected chi connectivity index (χ4v) is 2.14. The van der Waals surface area contributed by atoms with E-state index in [0.29, 0.717) is 22.6 Å². The van der Waals surface area contributed by atoms with E-state index in [9.17, 15) is 9.50 Å². The van der Waals surface area contributed by atoms with Crippen molar-refractivity contribution in [2.75, 3.05) is 0 Å². The first-order valence-corrected chi connectivity index (χ1v) is 7.10. The summed E-state index contributed by atoms with van der Waals surface area (Å²) in [5.41, 5.74) is 1.96. The van der Waals surface area contributed by atoms with Crippen LogP contribution >= 0.6 is 15.9 Å². The minimum atomic E-state index is -0.795. The van der Waals surface area contributed by atoms with Crippen LogP contribution in [0.2, 0.25) is 0 Å². The number of hydrogen-bond acceptors (Lipinski definition) is 2. The van der Waals surface area contributed by atoms with Crippen LogP contribution < -0.4 is 4.74 Å². The normalized spacial score (nSPS) is 12.3. The van der Waals surface area contributed by atoms with Crippen LogP contribution in [0.4, 0.5) is 4.39 Å². The minimum absolute atomic E-state index is 0.347. The number of ether oxygens (including phenoxy) is 1. The summed E-state index contributed by atoms with van der Waals surface area (Å²) in [6.07, 6.45) is -0.795. The van der Waals surface area contributed by atoms with Crippen LogP contribution in [-0.4, -0.2) is 5.11 Å². The standard InChI is InChI=1S/C16H16BrFO2/c1-9-6-12(4-5-14(9)17)20-16-7-10(2)15(18)8-13(16)11(3)19/h4-8,11,19H,1-3H3/t11-/m1/s1. The summed E-state index contributed by atoms with van der Waals surface area (Å²) in [5.74, 6) is 0.777. The minimum Gasteiger partial charge on any atom is -0.457 e. The van der Waals surface area contributed by atoms with Gasteiger partial charge in [-0.15, -0.1) is 0 Å². The van der Waals surface area contributed by atoms with Gasteiger partial charge in [-0.2, -0.15) is 0 Å². The third-order valence-electron chi connectivity index (χ3n) is 3.10. The molecule has 0 spiro atoms. The molecule has 0 unspecified atom stereocenters. The lowest BCUT2D eigenvalue weighted by Gasteiger charge is -2.15. The lowest BCUT2D eigenvalue weighted by Crippen LogP contribution is -1.99. The van der Waals surface area contributed by atoms with Gasteiger partial charge in [0.1, 0.15) is 17.3 Å². The zero-order valence-corrected chi connectivity index (χ0v) is 13.2. The maximum Gasteiger partial charge on any atom is 0.133 e. The van der Waals surface area contributed by atoms with E-state index in [0.717, 1.165) is 10.0 Å². The molecule has 0 saturated heterocycles. The Morgan fingerprint density at radius 3 is 2.45 bits per heavy atom. The highest BCUT2D eigenvalue weighted by atomic mass is 79.9. The molecule has 0 aliphatic heterocycles. The first-order chi connectivity index (χ1) is 9.38. The van der Waals surface area contributed by atoms with E-state index < -0.39 is 6.10 Å². The number of aliphatic hydroxyl groups is 1. The third kappa shape index (κ3) is 3.19. The Kier molecular flexibility index (Phi) is 4.45. The predicted octanol–water partition coefficient (Wildman–Crippen LogP) is 5.05. The van der Waals surface area contributed by atoms with Gasteiger partial charge in [0, 0.05) is 10.0 Å². The number of hydrogen-bond donors (Lipinski definition) is 1. The van der Waals surface area contributed by atoms with E-state index in [1.807, 2.05) is 25.1 Å². The molecule has 0 aliphatic carbocycles. The van der Waals surface area contributed by atoms with E-state index >= 15 is 0 Å². The topological polar surface area (TPSA) is 29.5 Å². The second-order valence-corrected chi connectivity index (χ2v) is 5.68. The summed E-state index contributed by atoms with van der Waals surface area (Å²) in [5, 5.41) is 9.74. The van der Waals surface area contributed by atoms with E-state index in [1.54, 1.807) is 19.9 Å². The van der Waals surface area contributed by atoms with Gasteiger partial charge in [0.05, 0.1) is 6.10 Å². The first-order valence-electron chi connectivity index (χ1n) is 6.30. The highest BCUT2D eigenvalue weighted by molar-refractivity contribution is 9.10. The molecule has 20 heavy (non-hydrogen) atoms. The Labute approximate surface area is 126 Å². The summed E-state index contributed by atoms with van der Waals surface area (Å²) >= 11 is 3.43. The van der Waals surface area contributed by atoms with Crippen molar-refractivity contribution in [3.63, 3.8) is 0 Å². The van der Waals surface area contributed by atoms with Crippen LogP contribution in [0.5, 0.6) is 11.5 Å². The fraction of sp³-hybridized carbons (Fsp3) is 0.250. The molecule has 2 aromatic carbocycles. The largest absolute Gasteiger partial charge is 0.457 e. The molecule has 0 aliphatic rings. The van der Waals surface area contributed by atoms with Gasteiger partial charge in [-0.3, -0.25) is 0 Å². The fourth-order valence-electron chi connectivity index (χ4n) is 1.89. The van der Waals surface area contributed by atoms with Crippen LogP contribution in [-0.2, 0) is 0 Å². The van der Waals surface area contributed by atoms with Gasteiger partial charge in [0.15, 0.2) is 0 Å². The van der Waals surface area contributed by atoms with Crippen molar-refractivity contribution in [3.8, 4) is 11.5 Å². The van der Waals surface area contributed by atoms with Crippen molar-refractivity contribution in [2.24, 2.45) is 0 Å². The van der Waals surface area contributed by atoms with Gasteiger partial charge in [0.25, 0.3) is 0 Å². The van der Waals surface area contributed by atoms with Crippen LogP contribution in [0.3, 0.4) is 0 Å². The molecule has 2 rings (SSSR count). The zero-order chi connectivity index (χ0) is 14.9. The van der Waals surface area contributed by atoms with Crippen molar-refractivity contribution in [3.05, 3.63) is 57.3 Å². The van der Waals surface area contributed by atoms with Crippen molar-refractivity contribution in [1.82, 2.24) is 0 Å². The molecule has 2 aromatic rings. The first kappa shape index (κ1) is 15.0. The molecule has 1 atom stereocenters. The molecule has 2 nitrogen and oxygen atoms in total. The molecule has 0 amide bonds. The Hall–Kier alpha value is -1.39. The molecule has 0 fully saturated rings. The number of benzene rings is 2. The summed E-state index contributed by atoms with van der Waals surface area (Å²) in [6, 6.07) is 8.52. The van der Waals surface area contributed by atoms with Crippen LogP contribution in [0.25, 0.3) is 0 Å². The monoisotopic (exact) mass is 338 g/mol. The van der Waals surface area contributed by atoms with E-state index in [4.69, 9.17) is 4.74 Å². The average Bonchev–Trinajstić information content (AvgIpc) is 2.37. The quantitative estimate of drug-likeness (QED) is 0.848. The van der Waals surface area contributed by atoms with E-state index in [2.05, 4.69) is 15.9 Å². The molecular formula is C16H16BrFO2. The maximum absolute atomic E-state index is 13.6. The molecule has 106 valence electrons. The Morgan fingerprint density at radius 2 is 1.85 bits per heavy atom. The van der Waals surface area contributed by atoms with Crippen LogP contribution in [0, 0.1) is 19.7 Å². The maximum atomic E-state index is 13.6. The van der Waals surface area contributed by atoms with Gasteiger partial charge >= 0.3 is 0 Å².